The van der Waals surface area contributed by atoms with E-state index in [0.717, 1.165) is 10.0 Å². The van der Waals surface area contributed by atoms with Crippen LogP contribution < -0.4 is 4.90 Å². The lowest BCUT2D eigenvalue weighted by Gasteiger charge is -2.22. The van der Waals surface area contributed by atoms with Crippen molar-refractivity contribution in [3.05, 3.63) is 105 Å². The highest BCUT2D eigenvalue weighted by atomic mass is 79.9. The first-order valence-electron chi connectivity index (χ1n) is 10.6. The van der Waals surface area contributed by atoms with Crippen LogP contribution in [0.2, 0.25) is 5.02 Å². The van der Waals surface area contributed by atoms with E-state index in [2.05, 4.69) is 31.1 Å². The van der Waals surface area contributed by atoms with Crippen molar-refractivity contribution in [1.29, 1.82) is 0 Å². The van der Waals surface area contributed by atoms with E-state index in [1.807, 2.05) is 24.3 Å². The minimum absolute atomic E-state index is 0.0147. The summed E-state index contributed by atoms with van der Waals surface area (Å²) in [6, 6.07) is 16.9. The van der Waals surface area contributed by atoms with Crippen molar-refractivity contribution in [3.8, 4) is 0 Å². The van der Waals surface area contributed by atoms with Gasteiger partial charge in [0.15, 0.2) is 4.34 Å². The van der Waals surface area contributed by atoms with Gasteiger partial charge in [0.2, 0.25) is 5.13 Å². The number of anilines is 1. The highest BCUT2D eigenvalue weighted by molar-refractivity contribution is 9.10. The number of pyridine rings is 1. The zero-order valence-corrected chi connectivity index (χ0v) is 22.3. The Morgan fingerprint density at radius 3 is 2.42 bits per heavy atom. The van der Waals surface area contributed by atoms with Crippen molar-refractivity contribution in [2.75, 3.05) is 4.90 Å². The average molecular weight is 600 g/mol. The first-order chi connectivity index (χ1) is 17.4. The molecule has 7 nitrogen and oxygen atoms in total. The molecular formula is C25H16BrClN4O3S2. The van der Waals surface area contributed by atoms with E-state index < -0.39 is 17.7 Å². The highest BCUT2D eigenvalue weighted by Crippen LogP contribution is 2.44. The van der Waals surface area contributed by atoms with Crippen LogP contribution in [0.1, 0.15) is 22.7 Å². The topological polar surface area (TPSA) is 96.3 Å². The third-order valence-electron chi connectivity index (χ3n) is 5.46. The Morgan fingerprint density at radius 2 is 1.72 bits per heavy atom. The summed E-state index contributed by atoms with van der Waals surface area (Å²) in [5, 5.41) is 20.5. The quantitative estimate of drug-likeness (QED) is 0.0918. The fourth-order valence-corrected chi connectivity index (χ4v) is 5.95. The van der Waals surface area contributed by atoms with Gasteiger partial charge in [0.25, 0.3) is 5.78 Å². The van der Waals surface area contributed by atoms with E-state index in [9.17, 15) is 14.7 Å². The molecule has 1 aliphatic rings. The monoisotopic (exact) mass is 598 g/mol. The molecule has 1 aliphatic heterocycles. The smallest absolute Gasteiger partial charge is 0.301 e. The second-order valence-electron chi connectivity index (χ2n) is 7.72. The van der Waals surface area contributed by atoms with Gasteiger partial charge in [0, 0.05) is 33.2 Å². The number of Topliss-reactive ketones (excluding diaryl/α,β-unsaturated/α-hetero) is 1. The van der Waals surface area contributed by atoms with Crippen molar-refractivity contribution in [1.82, 2.24) is 15.2 Å². The van der Waals surface area contributed by atoms with Gasteiger partial charge in [-0.2, -0.15) is 0 Å². The molecule has 3 heterocycles. The molecule has 1 saturated heterocycles. The van der Waals surface area contributed by atoms with Crippen LogP contribution >= 0.6 is 50.6 Å². The summed E-state index contributed by atoms with van der Waals surface area (Å²) < 4.78 is 1.46. The van der Waals surface area contributed by atoms with Crippen LogP contribution in [0, 0.1) is 0 Å². The number of thioether (sulfide) groups is 1. The number of ketones is 1. The maximum absolute atomic E-state index is 13.2. The van der Waals surface area contributed by atoms with Gasteiger partial charge in [0.1, 0.15) is 5.76 Å². The highest BCUT2D eigenvalue weighted by Gasteiger charge is 2.48. The molecule has 0 radical (unpaired) electrons. The summed E-state index contributed by atoms with van der Waals surface area (Å²) in [5.41, 5.74) is 2.09. The van der Waals surface area contributed by atoms with E-state index in [1.165, 1.54) is 28.0 Å². The SMILES string of the molecule is O=C1C(=O)N(c2nnc(SCc3ccc(Cl)cc3)s2)C(c2ccncc2)/C1=C(/O)c1ccc(Br)cc1. The van der Waals surface area contributed by atoms with Gasteiger partial charge in [0.05, 0.1) is 11.6 Å². The Balaban J connectivity index is 1.51. The number of carbonyl (C=O) groups excluding carboxylic acids is 2. The van der Waals surface area contributed by atoms with Crippen LogP contribution in [0.4, 0.5) is 5.13 Å². The Hall–Kier alpha value is -3.05. The second kappa shape index (κ2) is 10.5. The van der Waals surface area contributed by atoms with E-state index >= 15 is 0 Å². The first-order valence-corrected chi connectivity index (χ1v) is 13.6. The number of aliphatic hydroxyl groups excluding tert-OH is 1. The van der Waals surface area contributed by atoms with Crippen molar-refractivity contribution in [2.24, 2.45) is 0 Å². The fraction of sp³-hybridized carbons (Fsp3) is 0.0800. The molecule has 0 bridgehead atoms. The molecule has 1 atom stereocenters. The van der Waals surface area contributed by atoms with Crippen molar-refractivity contribution >= 4 is 73.2 Å². The second-order valence-corrected chi connectivity index (χ2v) is 11.3. The number of carbonyl (C=O) groups is 2. The molecule has 1 amide bonds. The molecule has 0 aliphatic carbocycles. The van der Waals surface area contributed by atoms with E-state index in [-0.39, 0.29) is 16.5 Å². The van der Waals surface area contributed by atoms with E-state index in [4.69, 9.17) is 11.6 Å². The summed E-state index contributed by atoms with van der Waals surface area (Å²) in [4.78, 5) is 31.8. The number of nitrogens with zero attached hydrogens (tertiary/aromatic N) is 4. The number of hydrogen-bond donors (Lipinski definition) is 1. The molecule has 36 heavy (non-hydrogen) atoms. The van der Waals surface area contributed by atoms with Crippen molar-refractivity contribution in [3.63, 3.8) is 0 Å². The molecule has 1 N–H and O–H groups in total. The standard InChI is InChI=1S/C25H16BrClN4O3S2/c26-17-5-3-16(4-6-17)21(32)19-20(15-9-11-28-12-10-15)31(23(34)22(19)33)24-29-30-25(36-24)35-13-14-1-7-18(27)8-2-14/h1-12,20,32H,13H2/b21-19-. The number of aliphatic hydroxyl groups is 1. The average Bonchev–Trinajstić information content (AvgIpc) is 3.46. The summed E-state index contributed by atoms with van der Waals surface area (Å²) in [7, 11) is 0. The van der Waals surface area contributed by atoms with Gasteiger partial charge < -0.3 is 5.11 Å². The number of halogens is 2. The number of hydrogen-bond acceptors (Lipinski definition) is 8. The summed E-state index contributed by atoms with van der Waals surface area (Å²) in [5.74, 6) is -1.18. The molecule has 11 heteroatoms. The zero-order chi connectivity index (χ0) is 25.2. The van der Waals surface area contributed by atoms with E-state index in [0.29, 0.717) is 26.2 Å². The van der Waals surface area contributed by atoms with Gasteiger partial charge in [-0.15, -0.1) is 10.2 Å². The largest absolute Gasteiger partial charge is 0.507 e. The summed E-state index contributed by atoms with van der Waals surface area (Å²) >= 11 is 12.0. The van der Waals surface area contributed by atoms with E-state index in [1.54, 1.807) is 48.8 Å². The maximum atomic E-state index is 13.2. The molecule has 4 aromatic rings. The van der Waals surface area contributed by atoms with Crippen molar-refractivity contribution in [2.45, 2.75) is 16.1 Å². The Labute approximate surface area is 228 Å². The maximum Gasteiger partial charge on any atom is 0.301 e. The lowest BCUT2D eigenvalue weighted by molar-refractivity contribution is -0.132. The van der Waals surface area contributed by atoms with Gasteiger partial charge in [-0.25, -0.2) is 0 Å². The third-order valence-corrected chi connectivity index (χ3v) is 8.37. The number of benzene rings is 2. The summed E-state index contributed by atoms with van der Waals surface area (Å²) in [6.45, 7) is 0. The Morgan fingerprint density at radius 1 is 1.03 bits per heavy atom. The predicted octanol–water partition coefficient (Wildman–Crippen LogP) is 6.27. The summed E-state index contributed by atoms with van der Waals surface area (Å²) in [6.07, 6.45) is 3.14. The lowest BCUT2D eigenvalue weighted by Crippen LogP contribution is -2.29. The molecule has 180 valence electrons. The molecule has 2 aromatic carbocycles. The van der Waals surface area contributed by atoms with Crippen molar-refractivity contribution < 1.29 is 14.7 Å². The molecular weight excluding hydrogens is 584 g/mol. The minimum atomic E-state index is -0.876. The number of amides is 1. The van der Waals surface area contributed by atoms with Crippen LogP contribution in [0.3, 0.4) is 0 Å². The Kier molecular flexibility index (Phi) is 7.20. The number of aromatic nitrogens is 3. The minimum Gasteiger partial charge on any atom is -0.507 e. The lowest BCUT2D eigenvalue weighted by atomic mass is 9.96. The Bertz CT molecular complexity index is 1460. The van der Waals surface area contributed by atoms with Gasteiger partial charge in [-0.05, 0) is 47.5 Å². The van der Waals surface area contributed by atoms with Gasteiger partial charge in [-0.1, -0.05) is 74.9 Å². The molecule has 2 aromatic heterocycles. The van der Waals surface area contributed by atoms with Crippen LogP contribution in [-0.4, -0.2) is 32.0 Å². The molecule has 5 rings (SSSR count). The normalized spacial score (nSPS) is 17.1. The number of rotatable bonds is 6. The third kappa shape index (κ3) is 4.94. The molecule has 1 fully saturated rings. The van der Waals surface area contributed by atoms with Gasteiger partial charge >= 0.3 is 5.91 Å². The fourth-order valence-electron chi connectivity index (χ4n) is 3.74. The predicted molar refractivity (Wildman–Crippen MR) is 144 cm³/mol. The van der Waals surface area contributed by atoms with Gasteiger partial charge in [-0.3, -0.25) is 19.5 Å². The molecule has 0 spiro atoms. The first kappa shape index (κ1) is 24.6. The van der Waals surface area contributed by atoms with Crippen LogP contribution in [0.5, 0.6) is 0 Å². The van der Waals surface area contributed by atoms with Crippen LogP contribution in [0.25, 0.3) is 5.76 Å². The van der Waals surface area contributed by atoms with Crippen LogP contribution in [-0.2, 0) is 15.3 Å². The molecule has 0 saturated carbocycles. The van der Waals surface area contributed by atoms with Crippen LogP contribution in [0.15, 0.2) is 87.4 Å². The zero-order valence-electron chi connectivity index (χ0n) is 18.3. The molecule has 1 unspecified atom stereocenters.